The molecule has 1 heterocycles. The quantitative estimate of drug-likeness (QED) is 0.618. The van der Waals surface area contributed by atoms with Crippen LogP contribution in [0.3, 0.4) is 0 Å². The van der Waals surface area contributed by atoms with Crippen LogP contribution in [0.25, 0.3) is 5.57 Å². The third-order valence-corrected chi connectivity index (χ3v) is 5.30. The van der Waals surface area contributed by atoms with Crippen molar-refractivity contribution in [2.45, 2.75) is 12.6 Å². The molecule has 0 aliphatic carbocycles. The molecule has 0 bridgehead atoms. The first-order valence-electron chi connectivity index (χ1n) is 9.26. The molecule has 3 aromatic rings. The summed E-state index contributed by atoms with van der Waals surface area (Å²) in [5, 5.41) is 11.4. The molecule has 0 radical (unpaired) electrons. The molecule has 1 N–H and O–H groups in total. The molecule has 5 heteroatoms. The molecule has 1 aliphatic heterocycles. The molecule has 1 aliphatic rings. The van der Waals surface area contributed by atoms with Crippen molar-refractivity contribution in [1.29, 1.82) is 0 Å². The highest BCUT2D eigenvalue weighted by Crippen LogP contribution is 2.44. The Bertz CT molecular complexity index is 1060. The molecule has 1 atom stereocenters. The third kappa shape index (κ3) is 3.71. The second-order valence-electron chi connectivity index (χ2n) is 6.87. The second-order valence-corrected chi connectivity index (χ2v) is 7.30. The van der Waals surface area contributed by atoms with Crippen LogP contribution < -0.4 is 4.74 Å². The van der Waals surface area contributed by atoms with Crippen LogP contribution in [0, 0.1) is 0 Å². The Kier molecular flexibility index (Phi) is 5.28. The fourth-order valence-electron chi connectivity index (χ4n) is 3.68. The Morgan fingerprint density at radius 1 is 1.00 bits per heavy atom. The average Bonchev–Trinajstić information content (AvgIpc) is 3.00. The zero-order chi connectivity index (χ0) is 20.4. The van der Waals surface area contributed by atoms with Crippen LogP contribution in [0.1, 0.15) is 22.7 Å². The molecule has 0 unspecified atom stereocenters. The lowest BCUT2D eigenvalue weighted by Gasteiger charge is -2.27. The molecular formula is C24H20ClNO3. The molecule has 3 aromatic carbocycles. The first-order valence-corrected chi connectivity index (χ1v) is 9.64. The summed E-state index contributed by atoms with van der Waals surface area (Å²) in [5.41, 5.74) is 3.18. The van der Waals surface area contributed by atoms with Crippen LogP contribution in [0.15, 0.2) is 84.6 Å². The zero-order valence-corrected chi connectivity index (χ0v) is 16.6. The number of benzene rings is 3. The first kappa shape index (κ1) is 19.1. The van der Waals surface area contributed by atoms with Crippen LogP contribution in [0.2, 0.25) is 5.02 Å². The van der Waals surface area contributed by atoms with Crippen LogP contribution in [-0.2, 0) is 11.3 Å². The van der Waals surface area contributed by atoms with Gasteiger partial charge in [0.15, 0.2) is 5.76 Å². The van der Waals surface area contributed by atoms with E-state index in [0.717, 1.165) is 22.4 Å². The number of methoxy groups -OCH3 is 1. The minimum Gasteiger partial charge on any atom is -0.503 e. The van der Waals surface area contributed by atoms with Gasteiger partial charge in [0.05, 0.1) is 13.2 Å². The van der Waals surface area contributed by atoms with E-state index in [4.69, 9.17) is 16.3 Å². The number of nitrogens with zero attached hydrogens (tertiary/aromatic N) is 1. The Labute approximate surface area is 174 Å². The molecule has 0 spiro atoms. The smallest absolute Gasteiger partial charge is 0.290 e. The molecule has 0 fully saturated rings. The Morgan fingerprint density at radius 3 is 2.38 bits per heavy atom. The van der Waals surface area contributed by atoms with E-state index in [-0.39, 0.29) is 5.76 Å². The highest BCUT2D eigenvalue weighted by Gasteiger charge is 2.41. The molecule has 0 aromatic heterocycles. The van der Waals surface area contributed by atoms with Gasteiger partial charge in [-0.2, -0.15) is 0 Å². The van der Waals surface area contributed by atoms with Gasteiger partial charge in [0, 0.05) is 17.1 Å². The number of carbonyl (C=O) groups is 1. The van der Waals surface area contributed by atoms with Crippen molar-refractivity contribution in [3.05, 3.63) is 106 Å². The molecule has 0 saturated carbocycles. The first-order chi connectivity index (χ1) is 14.1. The van der Waals surface area contributed by atoms with Crippen molar-refractivity contribution >= 4 is 23.1 Å². The largest absolute Gasteiger partial charge is 0.503 e. The van der Waals surface area contributed by atoms with Gasteiger partial charge < -0.3 is 14.7 Å². The van der Waals surface area contributed by atoms with E-state index in [1.165, 1.54) is 0 Å². The van der Waals surface area contributed by atoms with Crippen LogP contribution in [-0.4, -0.2) is 23.0 Å². The summed E-state index contributed by atoms with van der Waals surface area (Å²) in [6.07, 6.45) is 0. The number of amides is 1. The van der Waals surface area contributed by atoms with Gasteiger partial charge in [0.1, 0.15) is 5.75 Å². The number of ether oxygens (including phenoxy) is 1. The fourth-order valence-corrected chi connectivity index (χ4v) is 3.88. The molecule has 4 rings (SSSR count). The average molecular weight is 406 g/mol. The summed E-state index contributed by atoms with van der Waals surface area (Å²) in [4.78, 5) is 14.7. The maximum absolute atomic E-state index is 13.0. The van der Waals surface area contributed by atoms with Crippen LogP contribution >= 0.6 is 11.6 Å². The summed E-state index contributed by atoms with van der Waals surface area (Å²) in [5.74, 6) is 0.123. The number of hydrogen-bond acceptors (Lipinski definition) is 3. The zero-order valence-electron chi connectivity index (χ0n) is 15.9. The predicted octanol–water partition coefficient (Wildman–Crippen LogP) is 5.40. The van der Waals surface area contributed by atoms with E-state index >= 15 is 0 Å². The van der Waals surface area contributed by atoms with Crippen LogP contribution in [0.4, 0.5) is 0 Å². The molecule has 1 amide bonds. The molecular weight excluding hydrogens is 386 g/mol. The molecule has 0 saturated heterocycles. The van der Waals surface area contributed by atoms with E-state index < -0.39 is 11.9 Å². The topological polar surface area (TPSA) is 49.8 Å². The van der Waals surface area contributed by atoms with Crippen molar-refractivity contribution in [2.24, 2.45) is 0 Å². The van der Waals surface area contributed by atoms with E-state index in [9.17, 15) is 9.90 Å². The maximum atomic E-state index is 13.0. The Morgan fingerprint density at radius 2 is 1.72 bits per heavy atom. The molecule has 146 valence electrons. The minimum absolute atomic E-state index is 0.227. The Balaban J connectivity index is 1.78. The van der Waals surface area contributed by atoms with E-state index in [2.05, 4.69) is 0 Å². The van der Waals surface area contributed by atoms with Crippen molar-refractivity contribution in [3.8, 4) is 5.75 Å². The minimum atomic E-state index is -0.439. The Hall–Kier alpha value is -3.24. The lowest BCUT2D eigenvalue weighted by Crippen LogP contribution is -2.29. The van der Waals surface area contributed by atoms with E-state index in [1.54, 1.807) is 18.1 Å². The van der Waals surface area contributed by atoms with Gasteiger partial charge in [-0.3, -0.25) is 4.79 Å². The highest BCUT2D eigenvalue weighted by molar-refractivity contribution is 6.30. The van der Waals surface area contributed by atoms with E-state index in [1.807, 2.05) is 72.8 Å². The summed E-state index contributed by atoms with van der Waals surface area (Å²) < 4.78 is 5.21. The second kappa shape index (κ2) is 8.02. The number of aliphatic hydroxyl groups excluding tert-OH is 1. The van der Waals surface area contributed by atoms with Gasteiger partial charge in [-0.1, -0.05) is 66.2 Å². The standard InChI is InChI=1S/C24H20ClNO3/c1-29-20-12-10-16(11-13-20)15-26-22(18-8-5-9-19(25)14-18)21(23(27)24(26)28)17-6-3-2-4-7-17/h2-14,22,27H,15H2,1H3/t22-/m1/s1. The summed E-state index contributed by atoms with van der Waals surface area (Å²) in [6, 6.07) is 24.0. The van der Waals surface area contributed by atoms with Gasteiger partial charge >= 0.3 is 0 Å². The van der Waals surface area contributed by atoms with Crippen molar-refractivity contribution < 1.29 is 14.6 Å². The maximum Gasteiger partial charge on any atom is 0.290 e. The van der Waals surface area contributed by atoms with Crippen LogP contribution in [0.5, 0.6) is 5.75 Å². The summed E-state index contributed by atoms with van der Waals surface area (Å²) in [6.45, 7) is 0.348. The van der Waals surface area contributed by atoms with Crippen molar-refractivity contribution in [2.75, 3.05) is 7.11 Å². The summed E-state index contributed by atoms with van der Waals surface area (Å²) >= 11 is 6.24. The third-order valence-electron chi connectivity index (χ3n) is 5.06. The number of rotatable bonds is 5. The van der Waals surface area contributed by atoms with Gasteiger partial charge in [-0.15, -0.1) is 0 Å². The lowest BCUT2D eigenvalue weighted by molar-refractivity contribution is -0.130. The van der Waals surface area contributed by atoms with Gasteiger partial charge in [-0.25, -0.2) is 0 Å². The number of hydrogen-bond donors (Lipinski definition) is 1. The van der Waals surface area contributed by atoms with Gasteiger partial charge in [0.25, 0.3) is 5.91 Å². The van der Waals surface area contributed by atoms with Crippen molar-refractivity contribution in [3.63, 3.8) is 0 Å². The number of halogens is 1. The molecule has 4 nitrogen and oxygen atoms in total. The van der Waals surface area contributed by atoms with E-state index in [0.29, 0.717) is 17.1 Å². The highest BCUT2D eigenvalue weighted by atomic mass is 35.5. The monoisotopic (exact) mass is 405 g/mol. The summed E-state index contributed by atoms with van der Waals surface area (Å²) in [7, 11) is 1.61. The van der Waals surface area contributed by atoms with Crippen molar-refractivity contribution in [1.82, 2.24) is 4.90 Å². The number of carbonyl (C=O) groups excluding carboxylic acids is 1. The van der Waals surface area contributed by atoms with Gasteiger partial charge in [0.2, 0.25) is 0 Å². The molecule has 29 heavy (non-hydrogen) atoms. The predicted molar refractivity (Wildman–Crippen MR) is 114 cm³/mol. The fraction of sp³-hybridized carbons (Fsp3) is 0.125. The van der Waals surface area contributed by atoms with Gasteiger partial charge in [-0.05, 0) is 41.0 Å². The SMILES string of the molecule is COc1ccc(CN2C(=O)C(O)=C(c3ccccc3)[C@H]2c2cccc(Cl)c2)cc1. The lowest BCUT2D eigenvalue weighted by atomic mass is 9.93. The number of aliphatic hydroxyl groups is 1. The normalized spacial score (nSPS) is 16.4.